The molecule has 25 heavy (non-hydrogen) atoms. The highest BCUT2D eigenvalue weighted by Crippen LogP contribution is 2.19. The molecule has 7 heteroatoms. The van der Waals surface area contributed by atoms with Crippen molar-refractivity contribution in [3.8, 4) is 0 Å². The van der Waals surface area contributed by atoms with Crippen LogP contribution in [0.5, 0.6) is 0 Å². The molecular weight excluding hydrogens is 361 g/mol. The molecule has 0 saturated carbocycles. The second-order valence-electron chi connectivity index (χ2n) is 5.84. The number of hydrogen-bond acceptors (Lipinski definition) is 4. The third kappa shape index (κ3) is 5.68. The van der Waals surface area contributed by atoms with Gasteiger partial charge >= 0.3 is 0 Å². The molecule has 0 spiro atoms. The number of nitrogens with one attached hydrogen (secondary N) is 1. The molecule has 1 fully saturated rings. The molecule has 0 unspecified atom stereocenters. The standard InChI is InChI=1S/C18H21N3O2.2ClH/c19-10-14-2-1-3-15(9-14)18(22)21-17-12-23-11-16(17)8-13-4-6-20-7-5-13;;/h1-7,9,16-17H,8,10-12,19H2,(H,21,22);2*1H/t16-,17+;;/m1../s1. The molecule has 1 saturated heterocycles. The molecule has 2 atom stereocenters. The van der Waals surface area contributed by atoms with E-state index in [1.54, 1.807) is 12.4 Å². The summed E-state index contributed by atoms with van der Waals surface area (Å²) < 4.78 is 5.57. The quantitative estimate of drug-likeness (QED) is 0.830. The molecule has 3 N–H and O–H groups in total. The number of aromatic nitrogens is 1. The zero-order valence-electron chi connectivity index (χ0n) is 13.8. The first-order chi connectivity index (χ1) is 11.3. The fraction of sp³-hybridized carbons (Fsp3) is 0.333. The van der Waals surface area contributed by atoms with Gasteiger partial charge in [0.25, 0.3) is 5.91 Å². The summed E-state index contributed by atoms with van der Waals surface area (Å²) in [5, 5.41) is 3.10. The topological polar surface area (TPSA) is 77.2 Å². The summed E-state index contributed by atoms with van der Waals surface area (Å²) >= 11 is 0. The summed E-state index contributed by atoms with van der Waals surface area (Å²) in [6.45, 7) is 1.65. The molecule has 1 amide bonds. The maximum atomic E-state index is 12.4. The number of amides is 1. The Balaban J connectivity index is 0.00000156. The van der Waals surface area contributed by atoms with Crippen molar-refractivity contribution < 1.29 is 9.53 Å². The molecule has 0 aliphatic carbocycles. The van der Waals surface area contributed by atoms with Gasteiger partial charge in [0.1, 0.15) is 0 Å². The van der Waals surface area contributed by atoms with Crippen molar-refractivity contribution >= 4 is 30.7 Å². The van der Waals surface area contributed by atoms with E-state index in [0.29, 0.717) is 25.3 Å². The number of rotatable bonds is 5. The first-order valence-electron chi connectivity index (χ1n) is 7.83. The van der Waals surface area contributed by atoms with E-state index in [2.05, 4.69) is 10.3 Å². The SMILES string of the molecule is Cl.Cl.NCc1cccc(C(=O)N[C@H]2COC[C@H]2Cc2ccncc2)c1. The van der Waals surface area contributed by atoms with Gasteiger partial charge in [-0.25, -0.2) is 0 Å². The van der Waals surface area contributed by atoms with Crippen LogP contribution in [0.15, 0.2) is 48.8 Å². The summed E-state index contributed by atoms with van der Waals surface area (Å²) in [7, 11) is 0. The molecule has 136 valence electrons. The molecule has 2 heterocycles. The second kappa shape index (κ2) is 10.4. The van der Waals surface area contributed by atoms with Gasteiger partial charge in [-0.15, -0.1) is 24.8 Å². The van der Waals surface area contributed by atoms with Crippen LogP contribution in [-0.4, -0.2) is 30.1 Å². The van der Waals surface area contributed by atoms with Crippen LogP contribution in [0.4, 0.5) is 0 Å². The number of nitrogens with zero attached hydrogens (tertiary/aromatic N) is 1. The third-order valence-electron chi connectivity index (χ3n) is 4.19. The van der Waals surface area contributed by atoms with Gasteiger partial charge in [-0.2, -0.15) is 0 Å². The summed E-state index contributed by atoms with van der Waals surface area (Å²) in [5.74, 6) is 0.203. The number of benzene rings is 1. The Morgan fingerprint density at radius 3 is 2.64 bits per heavy atom. The van der Waals surface area contributed by atoms with Crippen molar-refractivity contribution in [2.75, 3.05) is 13.2 Å². The van der Waals surface area contributed by atoms with Crippen LogP contribution in [0, 0.1) is 5.92 Å². The highest BCUT2D eigenvalue weighted by Gasteiger charge is 2.29. The number of carbonyl (C=O) groups excluding carboxylic acids is 1. The van der Waals surface area contributed by atoms with Crippen molar-refractivity contribution in [1.82, 2.24) is 10.3 Å². The summed E-state index contributed by atoms with van der Waals surface area (Å²) in [4.78, 5) is 16.5. The highest BCUT2D eigenvalue weighted by atomic mass is 35.5. The molecule has 0 radical (unpaired) electrons. The smallest absolute Gasteiger partial charge is 0.251 e. The van der Waals surface area contributed by atoms with Crippen LogP contribution in [0.1, 0.15) is 21.5 Å². The van der Waals surface area contributed by atoms with Crippen molar-refractivity contribution in [1.29, 1.82) is 0 Å². The number of carbonyl (C=O) groups is 1. The molecule has 1 aromatic carbocycles. The lowest BCUT2D eigenvalue weighted by Gasteiger charge is -2.19. The van der Waals surface area contributed by atoms with E-state index in [1.165, 1.54) is 5.56 Å². The Labute approximate surface area is 160 Å². The Kier molecular flexibility index (Phi) is 8.86. The van der Waals surface area contributed by atoms with Gasteiger partial charge < -0.3 is 15.8 Å². The van der Waals surface area contributed by atoms with Crippen molar-refractivity contribution in [3.63, 3.8) is 0 Å². The lowest BCUT2D eigenvalue weighted by atomic mass is 9.95. The van der Waals surface area contributed by atoms with Crippen LogP contribution < -0.4 is 11.1 Å². The molecule has 1 aliphatic heterocycles. The number of hydrogen-bond donors (Lipinski definition) is 2. The minimum Gasteiger partial charge on any atom is -0.379 e. The van der Waals surface area contributed by atoms with Crippen LogP contribution in [0.2, 0.25) is 0 Å². The highest BCUT2D eigenvalue weighted by molar-refractivity contribution is 5.94. The first-order valence-corrected chi connectivity index (χ1v) is 7.83. The van der Waals surface area contributed by atoms with E-state index in [0.717, 1.165) is 12.0 Å². The van der Waals surface area contributed by atoms with E-state index < -0.39 is 0 Å². The fourth-order valence-electron chi connectivity index (χ4n) is 2.87. The zero-order valence-corrected chi connectivity index (χ0v) is 15.4. The molecule has 2 aromatic rings. The van der Waals surface area contributed by atoms with E-state index in [1.807, 2.05) is 36.4 Å². The predicted molar refractivity (Wildman–Crippen MR) is 102 cm³/mol. The van der Waals surface area contributed by atoms with Crippen LogP contribution in [-0.2, 0) is 17.7 Å². The van der Waals surface area contributed by atoms with Crippen molar-refractivity contribution in [2.24, 2.45) is 11.7 Å². The molecule has 1 aromatic heterocycles. The maximum absolute atomic E-state index is 12.4. The Bertz CT molecular complexity index is 670. The average molecular weight is 384 g/mol. The average Bonchev–Trinajstić information content (AvgIpc) is 3.02. The minimum absolute atomic E-state index is 0. The zero-order chi connectivity index (χ0) is 16.1. The van der Waals surface area contributed by atoms with Crippen molar-refractivity contribution in [2.45, 2.75) is 19.0 Å². The Hall–Kier alpha value is -1.66. The van der Waals surface area contributed by atoms with Gasteiger partial charge in [-0.1, -0.05) is 12.1 Å². The number of halogens is 2. The number of nitrogens with two attached hydrogens (primary N) is 1. The van der Waals surface area contributed by atoms with E-state index in [-0.39, 0.29) is 42.7 Å². The van der Waals surface area contributed by atoms with Gasteiger partial charge in [0.05, 0.1) is 19.3 Å². The van der Waals surface area contributed by atoms with Gasteiger partial charge in [-0.05, 0) is 41.8 Å². The first kappa shape index (κ1) is 21.4. The predicted octanol–water partition coefficient (Wildman–Crippen LogP) is 2.37. The van der Waals surface area contributed by atoms with Gasteiger partial charge in [0.2, 0.25) is 0 Å². The lowest BCUT2D eigenvalue weighted by molar-refractivity contribution is 0.0925. The van der Waals surface area contributed by atoms with Crippen molar-refractivity contribution in [3.05, 3.63) is 65.5 Å². The molecule has 3 rings (SSSR count). The summed E-state index contributed by atoms with van der Waals surface area (Å²) in [5.41, 5.74) is 8.44. The van der Waals surface area contributed by atoms with Crippen LogP contribution in [0.3, 0.4) is 0 Å². The molecule has 0 bridgehead atoms. The van der Waals surface area contributed by atoms with E-state index >= 15 is 0 Å². The third-order valence-corrected chi connectivity index (χ3v) is 4.19. The van der Waals surface area contributed by atoms with Gasteiger partial charge in [0.15, 0.2) is 0 Å². The number of pyridine rings is 1. The number of ether oxygens (including phenoxy) is 1. The molecule has 1 aliphatic rings. The van der Waals surface area contributed by atoms with Gasteiger partial charge in [0, 0.05) is 30.4 Å². The Morgan fingerprint density at radius 2 is 1.92 bits per heavy atom. The lowest BCUT2D eigenvalue weighted by Crippen LogP contribution is -2.40. The Morgan fingerprint density at radius 1 is 1.16 bits per heavy atom. The summed E-state index contributed by atoms with van der Waals surface area (Å²) in [6, 6.07) is 11.4. The summed E-state index contributed by atoms with van der Waals surface area (Å²) in [6.07, 6.45) is 4.45. The molecular formula is C18H23Cl2N3O2. The van der Waals surface area contributed by atoms with Crippen LogP contribution >= 0.6 is 24.8 Å². The van der Waals surface area contributed by atoms with E-state index in [9.17, 15) is 4.79 Å². The largest absolute Gasteiger partial charge is 0.379 e. The normalized spacial score (nSPS) is 18.8. The maximum Gasteiger partial charge on any atom is 0.251 e. The monoisotopic (exact) mass is 383 g/mol. The fourth-order valence-corrected chi connectivity index (χ4v) is 2.87. The second-order valence-corrected chi connectivity index (χ2v) is 5.84. The molecule has 5 nitrogen and oxygen atoms in total. The van der Waals surface area contributed by atoms with Crippen LogP contribution in [0.25, 0.3) is 0 Å². The minimum atomic E-state index is -0.0736. The van der Waals surface area contributed by atoms with E-state index in [4.69, 9.17) is 10.5 Å². The van der Waals surface area contributed by atoms with Gasteiger partial charge in [-0.3, -0.25) is 9.78 Å².